The Hall–Kier alpha value is -0.860. The Kier molecular flexibility index (Phi) is 4.66. The van der Waals surface area contributed by atoms with Crippen LogP contribution in [0.1, 0.15) is 54.8 Å². The molecule has 1 saturated heterocycles. The highest BCUT2D eigenvalue weighted by Gasteiger charge is 2.31. The van der Waals surface area contributed by atoms with Gasteiger partial charge in [0.05, 0.1) is 0 Å². The first kappa shape index (κ1) is 15.1. The van der Waals surface area contributed by atoms with Gasteiger partial charge < -0.3 is 10.6 Å². The van der Waals surface area contributed by atoms with Gasteiger partial charge in [-0.2, -0.15) is 0 Å². The van der Waals surface area contributed by atoms with Crippen molar-refractivity contribution in [3.63, 3.8) is 0 Å². The lowest BCUT2D eigenvalue weighted by Gasteiger charge is -2.42. The zero-order chi connectivity index (χ0) is 14.8. The van der Waals surface area contributed by atoms with Crippen molar-refractivity contribution in [1.82, 2.24) is 4.90 Å². The second-order valence-corrected chi connectivity index (χ2v) is 7.38. The van der Waals surface area contributed by atoms with Crippen LogP contribution < -0.4 is 5.73 Å². The van der Waals surface area contributed by atoms with E-state index in [9.17, 15) is 0 Å². The van der Waals surface area contributed by atoms with Crippen LogP contribution in [0.4, 0.5) is 0 Å². The van der Waals surface area contributed by atoms with Crippen molar-refractivity contribution in [2.24, 2.45) is 17.6 Å². The quantitative estimate of drug-likeness (QED) is 0.915. The third-order valence-electron chi connectivity index (χ3n) is 5.50. The maximum Gasteiger partial charge on any atom is 0.0424 e. The van der Waals surface area contributed by atoms with Crippen LogP contribution in [0.15, 0.2) is 18.2 Å². The molecule has 3 unspecified atom stereocenters. The van der Waals surface area contributed by atoms with Gasteiger partial charge in [0.1, 0.15) is 0 Å². The molecule has 1 aromatic rings. The second-order valence-electron chi connectivity index (χ2n) is 7.38. The third-order valence-corrected chi connectivity index (χ3v) is 5.50. The summed E-state index contributed by atoms with van der Waals surface area (Å²) in [5.41, 5.74) is 10.4. The molecule has 1 saturated carbocycles. The van der Waals surface area contributed by atoms with E-state index in [1.807, 2.05) is 0 Å². The molecule has 1 aliphatic carbocycles. The van der Waals surface area contributed by atoms with Crippen molar-refractivity contribution in [2.75, 3.05) is 19.6 Å². The summed E-state index contributed by atoms with van der Waals surface area (Å²) in [6.45, 7) is 7.88. The molecule has 3 rings (SSSR count). The molecular formula is C19H30N2. The number of nitrogens with two attached hydrogens (primary N) is 1. The minimum absolute atomic E-state index is 0.156. The fourth-order valence-corrected chi connectivity index (χ4v) is 4.45. The normalized spacial score (nSPS) is 28.1. The van der Waals surface area contributed by atoms with Crippen LogP contribution in [-0.2, 0) is 0 Å². The van der Waals surface area contributed by atoms with Crippen molar-refractivity contribution in [3.05, 3.63) is 34.9 Å². The van der Waals surface area contributed by atoms with Crippen molar-refractivity contribution in [3.8, 4) is 0 Å². The number of piperidine rings is 1. The average molecular weight is 286 g/mol. The van der Waals surface area contributed by atoms with Gasteiger partial charge in [-0.1, -0.05) is 48.6 Å². The molecule has 1 aliphatic heterocycles. The van der Waals surface area contributed by atoms with Gasteiger partial charge >= 0.3 is 0 Å². The van der Waals surface area contributed by atoms with Crippen LogP contribution in [0.5, 0.6) is 0 Å². The molecule has 3 atom stereocenters. The van der Waals surface area contributed by atoms with Crippen molar-refractivity contribution < 1.29 is 0 Å². The van der Waals surface area contributed by atoms with Gasteiger partial charge in [-0.15, -0.1) is 0 Å². The molecule has 0 radical (unpaired) electrons. The van der Waals surface area contributed by atoms with E-state index in [2.05, 4.69) is 36.9 Å². The number of fused-ring (bicyclic) bond motifs is 1. The van der Waals surface area contributed by atoms with Crippen molar-refractivity contribution in [1.29, 1.82) is 0 Å². The van der Waals surface area contributed by atoms with E-state index in [0.717, 1.165) is 18.4 Å². The molecule has 2 aliphatic rings. The topological polar surface area (TPSA) is 29.3 Å². The molecule has 0 amide bonds. The summed E-state index contributed by atoms with van der Waals surface area (Å²) in [6, 6.07) is 6.89. The number of rotatable bonds is 3. The maximum atomic E-state index is 6.49. The number of hydrogen-bond donors (Lipinski definition) is 1. The summed E-state index contributed by atoms with van der Waals surface area (Å²) in [6.07, 6.45) is 7.22. The SMILES string of the molecule is Cc1cc(C)cc(C(N)CN2CCC3CCCCC3C2)c1. The first-order chi connectivity index (χ1) is 10.1. The smallest absolute Gasteiger partial charge is 0.0424 e. The van der Waals surface area contributed by atoms with Gasteiger partial charge in [0.25, 0.3) is 0 Å². The lowest BCUT2D eigenvalue weighted by Crippen LogP contribution is -2.44. The largest absolute Gasteiger partial charge is 0.323 e. The van der Waals surface area contributed by atoms with E-state index in [1.165, 1.54) is 61.9 Å². The van der Waals surface area contributed by atoms with E-state index in [4.69, 9.17) is 5.73 Å². The predicted molar refractivity (Wildman–Crippen MR) is 89.3 cm³/mol. The molecule has 0 bridgehead atoms. The number of aryl methyl sites for hydroxylation is 2. The molecular weight excluding hydrogens is 256 g/mol. The monoisotopic (exact) mass is 286 g/mol. The van der Waals surface area contributed by atoms with Crippen LogP contribution in [-0.4, -0.2) is 24.5 Å². The van der Waals surface area contributed by atoms with E-state index < -0.39 is 0 Å². The Morgan fingerprint density at radius 1 is 1.05 bits per heavy atom. The van der Waals surface area contributed by atoms with Crippen LogP contribution in [0.2, 0.25) is 0 Å². The van der Waals surface area contributed by atoms with Crippen LogP contribution in [0.3, 0.4) is 0 Å². The molecule has 1 heterocycles. The third kappa shape index (κ3) is 3.67. The summed E-state index contributed by atoms with van der Waals surface area (Å²) >= 11 is 0. The molecule has 116 valence electrons. The fourth-order valence-electron chi connectivity index (χ4n) is 4.45. The minimum atomic E-state index is 0.156. The fraction of sp³-hybridized carbons (Fsp3) is 0.684. The molecule has 2 fully saturated rings. The summed E-state index contributed by atoms with van der Waals surface area (Å²) in [5, 5.41) is 0. The first-order valence-corrected chi connectivity index (χ1v) is 8.68. The van der Waals surface area contributed by atoms with Gasteiger partial charge in [-0.3, -0.25) is 0 Å². The summed E-state index contributed by atoms with van der Waals surface area (Å²) in [7, 11) is 0. The molecule has 2 nitrogen and oxygen atoms in total. The van der Waals surface area contributed by atoms with Crippen LogP contribution >= 0.6 is 0 Å². The van der Waals surface area contributed by atoms with Crippen LogP contribution in [0.25, 0.3) is 0 Å². The van der Waals surface area contributed by atoms with E-state index in [-0.39, 0.29) is 6.04 Å². The van der Waals surface area contributed by atoms with Crippen LogP contribution in [0, 0.1) is 25.7 Å². The van der Waals surface area contributed by atoms with Crippen molar-refractivity contribution in [2.45, 2.75) is 52.0 Å². The van der Waals surface area contributed by atoms with E-state index in [1.54, 1.807) is 0 Å². The highest BCUT2D eigenvalue weighted by molar-refractivity contribution is 5.30. The molecule has 2 N–H and O–H groups in total. The standard InChI is InChI=1S/C19H30N2/c1-14-9-15(2)11-18(10-14)19(20)13-21-8-7-16-5-3-4-6-17(16)12-21/h9-11,16-17,19H,3-8,12-13,20H2,1-2H3. The van der Waals surface area contributed by atoms with Gasteiger partial charge in [0, 0.05) is 19.1 Å². The summed E-state index contributed by atoms with van der Waals surface area (Å²) < 4.78 is 0. The molecule has 1 aromatic carbocycles. The lowest BCUT2D eigenvalue weighted by atomic mass is 9.75. The highest BCUT2D eigenvalue weighted by atomic mass is 15.1. The zero-order valence-corrected chi connectivity index (χ0v) is 13.6. The number of nitrogens with zero attached hydrogens (tertiary/aromatic N) is 1. The van der Waals surface area contributed by atoms with Gasteiger partial charge in [-0.05, 0) is 50.6 Å². The number of benzene rings is 1. The van der Waals surface area contributed by atoms with Crippen molar-refractivity contribution >= 4 is 0 Å². The summed E-state index contributed by atoms with van der Waals surface area (Å²) in [5.74, 6) is 1.95. The van der Waals surface area contributed by atoms with Gasteiger partial charge in [0.15, 0.2) is 0 Å². The summed E-state index contributed by atoms with van der Waals surface area (Å²) in [4.78, 5) is 2.62. The molecule has 0 spiro atoms. The van der Waals surface area contributed by atoms with E-state index >= 15 is 0 Å². The first-order valence-electron chi connectivity index (χ1n) is 8.68. The average Bonchev–Trinajstić information content (AvgIpc) is 2.46. The second kappa shape index (κ2) is 6.50. The number of likely N-dealkylation sites (tertiary alicyclic amines) is 1. The molecule has 21 heavy (non-hydrogen) atoms. The Morgan fingerprint density at radius 3 is 2.43 bits per heavy atom. The Balaban J connectivity index is 1.60. The Morgan fingerprint density at radius 2 is 1.71 bits per heavy atom. The van der Waals surface area contributed by atoms with Gasteiger partial charge in [0.2, 0.25) is 0 Å². The Bertz CT molecular complexity index is 462. The molecule has 2 heteroatoms. The van der Waals surface area contributed by atoms with E-state index in [0.29, 0.717) is 0 Å². The lowest BCUT2D eigenvalue weighted by molar-refractivity contribution is 0.0828. The highest BCUT2D eigenvalue weighted by Crippen LogP contribution is 2.36. The number of hydrogen-bond acceptors (Lipinski definition) is 2. The maximum absolute atomic E-state index is 6.49. The predicted octanol–water partition coefficient (Wildman–Crippen LogP) is 3.82. The zero-order valence-electron chi connectivity index (χ0n) is 13.6. The minimum Gasteiger partial charge on any atom is -0.323 e. The molecule has 0 aromatic heterocycles. The van der Waals surface area contributed by atoms with Gasteiger partial charge in [-0.25, -0.2) is 0 Å². The Labute approximate surface area is 129 Å².